The van der Waals surface area contributed by atoms with Crippen molar-refractivity contribution in [3.63, 3.8) is 0 Å². The summed E-state index contributed by atoms with van der Waals surface area (Å²) in [6.07, 6.45) is 3.22. The smallest absolute Gasteiger partial charge is 0.253 e. The normalized spacial score (nSPS) is 11.1. The van der Waals surface area contributed by atoms with Gasteiger partial charge in [0, 0.05) is 26.9 Å². The summed E-state index contributed by atoms with van der Waals surface area (Å²) in [6, 6.07) is 1.68. The molecule has 1 aromatic rings. The molecule has 94 valence electrons. The van der Waals surface area contributed by atoms with Gasteiger partial charge in [-0.05, 0) is 19.9 Å². The van der Waals surface area contributed by atoms with Gasteiger partial charge in [-0.1, -0.05) is 0 Å². The molecule has 5 heteroatoms. The van der Waals surface area contributed by atoms with E-state index in [1.807, 2.05) is 13.8 Å². The third-order valence-corrected chi connectivity index (χ3v) is 2.56. The largest absolute Gasteiger partial charge is 0.386 e. The highest BCUT2D eigenvalue weighted by molar-refractivity contribution is 5.99. The van der Waals surface area contributed by atoms with E-state index in [0.717, 1.165) is 0 Å². The van der Waals surface area contributed by atoms with E-state index in [1.165, 1.54) is 0 Å². The lowest BCUT2D eigenvalue weighted by atomic mass is 10.1. The molecule has 0 aliphatic heterocycles. The lowest BCUT2D eigenvalue weighted by Crippen LogP contribution is -2.39. The number of carbonyl (C=O) groups is 1. The zero-order valence-electron chi connectivity index (χ0n) is 10.7. The summed E-state index contributed by atoms with van der Waals surface area (Å²) in [4.78, 5) is 15.9. The highest BCUT2D eigenvalue weighted by Crippen LogP contribution is 2.12. The van der Waals surface area contributed by atoms with E-state index in [9.17, 15) is 4.79 Å². The average molecular weight is 237 g/mol. The van der Waals surface area contributed by atoms with Gasteiger partial charge in [-0.15, -0.1) is 0 Å². The molecule has 17 heavy (non-hydrogen) atoms. The molecule has 0 bridgehead atoms. The molecular formula is C12H19N3O2. The maximum atomic E-state index is 12.0. The first kappa shape index (κ1) is 13.4. The van der Waals surface area contributed by atoms with E-state index < -0.39 is 0 Å². The van der Waals surface area contributed by atoms with Crippen LogP contribution in [0.15, 0.2) is 18.5 Å². The predicted octanol–water partition coefficient (Wildman–Crippen LogP) is 1.28. The standard InChI is InChI=1S/C12H19N3O2/c1-12(2,17-4)8-15-11(16)9-5-6-14-7-10(9)13-3/h5-7,13H,8H2,1-4H3,(H,15,16). The SMILES string of the molecule is CNc1cnccc1C(=O)NCC(C)(C)OC. The molecule has 0 saturated carbocycles. The Morgan fingerprint density at radius 3 is 2.82 bits per heavy atom. The van der Waals surface area contributed by atoms with Gasteiger partial charge in [0.05, 0.1) is 23.0 Å². The molecule has 0 atom stereocenters. The number of hydrogen-bond acceptors (Lipinski definition) is 4. The number of carbonyl (C=O) groups excluding carboxylic acids is 1. The monoisotopic (exact) mass is 237 g/mol. The summed E-state index contributed by atoms with van der Waals surface area (Å²) in [6.45, 7) is 4.28. The Balaban J connectivity index is 2.70. The topological polar surface area (TPSA) is 63.2 Å². The zero-order chi connectivity index (χ0) is 12.9. The molecule has 2 N–H and O–H groups in total. The second kappa shape index (κ2) is 5.63. The van der Waals surface area contributed by atoms with Gasteiger partial charge in [0.1, 0.15) is 0 Å². The molecule has 1 rings (SSSR count). The summed E-state index contributed by atoms with van der Waals surface area (Å²) >= 11 is 0. The Morgan fingerprint density at radius 1 is 1.53 bits per heavy atom. The van der Waals surface area contributed by atoms with Crippen LogP contribution < -0.4 is 10.6 Å². The lowest BCUT2D eigenvalue weighted by Gasteiger charge is -2.23. The van der Waals surface area contributed by atoms with Gasteiger partial charge in [0.2, 0.25) is 0 Å². The van der Waals surface area contributed by atoms with Crippen molar-refractivity contribution in [1.82, 2.24) is 10.3 Å². The zero-order valence-corrected chi connectivity index (χ0v) is 10.7. The van der Waals surface area contributed by atoms with Gasteiger partial charge < -0.3 is 15.4 Å². The molecule has 0 spiro atoms. The van der Waals surface area contributed by atoms with E-state index >= 15 is 0 Å². The minimum atomic E-state index is -0.373. The molecule has 0 aliphatic carbocycles. The van der Waals surface area contributed by atoms with E-state index in [4.69, 9.17) is 4.74 Å². The number of rotatable bonds is 5. The number of hydrogen-bond donors (Lipinski definition) is 2. The predicted molar refractivity (Wildman–Crippen MR) is 67.2 cm³/mol. The molecule has 1 heterocycles. The maximum absolute atomic E-state index is 12.0. The van der Waals surface area contributed by atoms with Crippen molar-refractivity contribution in [1.29, 1.82) is 0 Å². The number of amides is 1. The first-order valence-electron chi connectivity index (χ1n) is 5.45. The summed E-state index contributed by atoms with van der Waals surface area (Å²) in [5, 5.41) is 5.77. The summed E-state index contributed by atoms with van der Waals surface area (Å²) in [5.74, 6) is -0.137. The van der Waals surface area contributed by atoms with E-state index in [0.29, 0.717) is 17.8 Å². The number of pyridine rings is 1. The van der Waals surface area contributed by atoms with Crippen molar-refractivity contribution >= 4 is 11.6 Å². The van der Waals surface area contributed by atoms with Crippen molar-refractivity contribution in [2.75, 3.05) is 26.0 Å². The van der Waals surface area contributed by atoms with Gasteiger partial charge >= 0.3 is 0 Å². The van der Waals surface area contributed by atoms with E-state index in [-0.39, 0.29) is 11.5 Å². The second-order valence-electron chi connectivity index (χ2n) is 4.32. The molecule has 0 saturated heterocycles. The van der Waals surface area contributed by atoms with Crippen LogP contribution in [0, 0.1) is 0 Å². The third kappa shape index (κ3) is 3.71. The van der Waals surface area contributed by atoms with Crippen molar-refractivity contribution in [3.8, 4) is 0 Å². The molecule has 5 nitrogen and oxygen atoms in total. The number of methoxy groups -OCH3 is 1. The fourth-order valence-electron chi connectivity index (χ4n) is 1.25. The lowest BCUT2D eigenvalue weighted by molar-refractivity contribution is 0.0229. The van der Waals surface area contributed by atoms with Crippen LogP contribution in [0.4, 0.5) is 5.69 Å². The quantitative estimate of drug-likeness (QED) is 0.809. The van der Waals surface area contributed by atoms with Crippen molar-refractivity contribution in [3.05, 3.63) is 24.0 Å². The summed E-state index contributed by atoms with van der Waals surface area (Å²) in [5.41, 5.74) is 0.914. The van der Waals surface area contributed by atoms with E-state index in [2.05, 4.69) is 15.6 Å². The number of aromatic nitrogens is 1. The number of nitrogens with zero attached hydrogens (tertiary/aromatic N) is 1. The molecule has 1 amide bonds. The molecule has 1 aromatic heterocycles. The van der Waals surface area contributed by atoms with Crippen LogP contribution in [0.5, 0.6) is 0 Å². The van der Waals surface area contributed by atoms with Crippen LogP contribution in [0.25, 0.3) is 0 Å². The first-order chi connectivity index (χ1) is 8.00. The number of nitrogens with one attached hydrogen (secondary N) is 2. The average Bonchev–Trinajstić information content (AvgIpc) is 2.36. The molecule has 0 radical (unpaired) electrons. The summed E-state index contributed by atoms with van der Waals surface area (Å²) in [7, 11) is 3.38. The molecule has 0 aliphatic rings. The number of ether oxygens (including phenoxy) is 1. The molecular weight excluding hydrogens is 218 g/mol. The van der Waals surface area contributed by atoms with Crippen LogP contribution in [-0.2, 0) is 4.74 Å². The Labute approximate surface area is 102 Å². The van der Waals surface area contributed by atoms with Gasteiger partial charge in [0.25, 0.3) is 5.91 Å². The highest BCUT2D eigenvalue weighted by atomic mass is 16.5. The van der Waals surface area contributed by atoms with Crippen LogP contribution in [0.2, 0.25) is 0 Å². The first-order valence-corrected chi connectivity index (χ1v) is 5.45. The fourth-order valence-corrected chi connectivity index (χ4v) is 1.25. The van der Waals surface area contributed by atoms with Gasteiger partial charge in [-0.2, -0.15) is 0 Å². The van der Waals surface area contributed by atoms with Gasteiger partial charge in [0.15, 0.2) is 0 Å². The van der Waals surface area contributed by atoms with Crippen LogP contribution in [0.1, 0.15) is 24.2 Å². The minimum absolute atomic E-state index is 0.137. The minimum Gasteiger partial charge on any atom is -0.386 e. The maximum Gasteiger partial charge on any atom is 0.253 e. The number of anilines is 1. The Hall–Kier alpha value is -1.62. The van der Waals surface area contributed by atoms with Crippen LogP contribution >= 0.6 is 0 Å². The fraction of sp³-hybridized carbons (Fsp3) is 0.500. The Bertz CT molecular complexity index is 391. The van der Waals surface area contributed by atoms with Crippen molar-refractivity contribution in [2.45, 2.75) is 19.4 Å². The van der Waals surface area contributed by atoms with E-state index in [1.54, 1.807) is 32.6 Å². The molecule has 0 unspecified atom stereocenters. The van der Waals surface area contributed by atoms with Crippen molar-refractivity contribution < 1.29 is 9.53 Å². The summed E-state index contributed by atoms with van der Waals surface area (Å²) < 4.78 is 5.24. The van der Waals surface area contributed by atoms with Crippen LogP contribution in [-0.4, -0.2) is 37.2 Å². The third-order valence-electron chi connectivity index (χ3n) is 2.56. The van der Waals surface area contributed by atoms with Gasteiger partial charge in [-0.25, -0.2) is 0 Å². The van der Waals surface area contributed by atoms with Crippen LogP contribution in [0.3, 0.4) is 0 Å². The van der Waals surface area contributed by atoms with Crippen molar-refractivity contribution in [2.24, 2.45) is 0 Å². The Morgan fingerprint density at radius 2 is 2.24 bits per heavy atom. The van der Waals surface area contributed by atoms with Gasteiger partial charge in [-0.3, -0.25) is 9.78 Å². The Kier molecular flexibility index (Phi) is 4.45. The molecule has 0 fully saturated rings. The highest BCUT2D eigenvalue weighted by Gasteiger charge is 2.18. The second-order valence-corrected chi connectivity index (χ2v) is 4.32. The molecule has 0 aromatic carbocycles.